The molecule has 0 atom stereocenters. The largest absolute Gasteiger partial charge is 0.248 e. The summed E-state index contributed by atoms with van der Waals surface area (Å²) in [6.07, 6.45) is 2.13. The van der Waals surface area contributed by atoms with Crippen molar-refractivity contribution in [1.29, 1.82) is 0 Å². The third kappa shape index (κ3) is 1.56. The van der Waals surface area contributed by atoms with Crippen LogP contribution in [0.25, 0.3) is 43.1 Å². The Morgan fingerprint density at radius 2 is 0.966 bits per heavy atom. The molecule has 8 rings (SSSR count). The van der Waals surface area contributed by atoms with Crippen molar-refractivity contribution in [3.05, 3.63) is 93.8 Å². The van der Waals surface area contributed by atoms with Crippen LogP contribution in [0, 0.1) is 6.92 Å². The molecule has 0 radical (unpaired) electrons. The van der Waals surface area contributed by atoms with Crippen molar-refractivity contribution in [2.75, 3.05) is 0 Å². The van der Waals surface area contributed by atoms with E-state index in [1.165, 1.54) is 70.9 Å². The predicted octanol–water partition coefficient (Wildman–Crippen LogP) is 6.52. The van der Waals surface area contributed by atoms with Gasteiger partial charge in [0.25, 0.3) is 0 Å². The zero-order valence-corrected chi connectivity index (χ0v) is 16.1. The molecule has 6 aromatic rings. The van der Waals surface area contributed by atoms with E-state index < -0.39 is 0 Å². The summed E-state index contributed by atoms with van der Waals surface area (Å²) >= 11 is 0. The monoisotopic (exact) mass is 367 g/mol. The number of nitrogens with zero attached hydrogens (tertiary/aromatic N) is 1. The maximum atomic E-state index is 5.16. The Balaban J connectivity index is 1.69. The van der Waals surface area contributed by atoms with Crippen LogP contribution in [0.4, 0.5) is 5.69 Å². The molecule has 0 N–H and O–H groups in total. The van der Waals surface area contributed by atoms with Gasteiger partial charge >= 0.3 is 0 Å². The normalized spacial score (nSPS) is 14.1. The molecule has 6 aromatic carbocycles. The van der Waals surface area contributed by atoms with Gasteiger partial charge in [-0.2, -0.15) is 0 Å². The van der Waals surface area contributed by atoms with E-state index in [0.29, 0.717) is 0 Å². The highest BCUT2D eigenvalue weighted by Crippen LogP contribution is 2.51. The van der Waals surface area contributed by atoms with Gasteiger partial charge < -0.3 is 0 Å². The lowest BCUT2D eigenvalue weighted by Gasteiger charge is -2.08. The molecule has 0 saturated carbocycles. The lowest BCUT2D eigenvalue weighted by Crippen LogP contribution is -1.98. The van der Waals surface area contributed by atoms with Crippen molar-refractivity contribution in [3.63, 3.8) is 0 Å². The summed E-state index contributed by atoms with van der Waals surface area (Å²) in [5.41, 5.74) is 8.27. The quantitative estimate of drug-likeness (QED) is 0.293. The van der Waals surface area contributed by atoms with E-state index in [4.69, 9.17) is 4.99 Å². The number of benzene rings is 5. The molecule has 0 amide bonds. The molecule has 1 nitrogen and oxygen atoms in total. The summed E-state index contributed by atoms with van der Waals surface area (Å²) in [5.74, 6) is 0. The lowest BCUT2D eigenvalue weighted by atomic mass is 9.95. The van der Waals surface area contributed by atoms with Crippen LogP contribution in [0.3, 0.4) is 0 Å². The molecule has 0 fully saturated rings. The first kappa shape index (κ1) is 14.5. The zero-order chi connectivity index (χ0) is 18.9. The van der Waals surface area contributed by atoms with Crippen molar-refractivity contribution in [2.24, 2.45) is 4.99 Å². The third-order valence-electron chi connectivity index (χ3n) is 7.26. The van der Waals surface area contributed by atoms with Gasteiger partial charge in [0.15, 0.2) is 0 Å². The van der Waals surface area contributed by atoms with Gasteiger partial charge in [-0.15, -0.1) is 0 Å². The van der Waals surface area contributed by atoms with E-state index in [1.54, 1.807) is 0 Å². The van der Waals surface area contributed by atoms with E-state index >= 15 is 0 Å². The van der Waals surface area contributed by atoms with Gasteiger partial charge in [0, 0.05) is 21.5 Å². The lowest BCUT2D eigenvalue weighted by molar-refractivity contribution is 1.24. The van der Waals surface area contributed by atoms with Crippen LogP contribution in [-0.4, -0.2) is 0 Å². The minimum atomic E-state index is 1.03. The average molecular weight is 367 g/mol. The number of aryl methyl sites for hydroxylation is 1. The summed E-state index contributed by atoms with van der Waals surface area (Å²) in [6, 6.07) is 22.6. The fraction of sp³-hybridized carbons (Fsp3) is 0.107. The van der Waals surface area contributed by atoms with Gasteiger partial charge in [-0.25, -0.2) is 4.99 Å². The fourth-order valence-corrected chi connectivity index (χ4v) is 6.05. The van der Waals surface area contributed by atoms with E-state index in [2.05, 4.69) is 67.6 Å². The Morgan fingerprint density at radius 1 is 0.517 bits per heavy atom. The summed E-state index contributed by atoms with van der Waals surface area (Å²) in [4.78, 5) is 5.16. The predicted molar refractivity (Wildman–Crippen MR) is 121 cm³/mol. The smallest absolute Gasteiger partial charge is 0.0794 e. The minimum Gasteiger partial charge on any atom is -0.248 e. The fourth-order valence-electron chi connectivity index (χ4n) is 6.05. The molecule has 0 bridgehead atoms. The van der Waals surface area contributed by atoms with Crippen molar-refractivity contribution in [1.82, 2.24) is 0 Å². The third-order valence-corrected chi connectivity index (χ3v) is 7.26. The summed E-state index contributed by atoms with van der Waals surface area (Å²) in [7, 11) is 0. The molecular weight excluding hydrogens is 350 g/mol. The maximum Gasteiger partial charge on any atom is 0.0794 e. The Kier molecular flexibility index (Phi) is 2.29. The van der Waals surface area contributed by atoms with Crippen LogP contribution < -0.4 is 5.36 Å². The van der Waals surface area contributed by atoms with Gasteiger partial charge in [-0.05, 0) is 75.7 Å². The Labute approximate surface area is 167 Å². The van der Waals surface area contributed by atoms with Crippen LogP contribution in [0.1, 0.15) is 27.8 Å². The molecule has 0 aromatic heterocycles. The average Bonchev–Trinajstić information content (AvgIpc) is 3.38. The second kappa shape index (κ2) is 4.58. The van der Waals surface area contributed by atoms with Gasteiger partial charge in [-0.3, -0.25) is 0 Å². The highest BCUT2D eigenvalue weighted by molar-refractivity contribution is 6.39. The first-order valence-corrected chi connectivity index (χ1v) is 10.4. The SMILES string of the molecule is Cc1ccc(N=c2c3ccc4c5c6c(ccc7c6c6c(ccc2c6c35)C7)C4)cc1. The first-order valence-electron chi connectivity index (χ1n) is 10.4. The van der Waals surface area contributed by atoms with Gasteiger partial charge in [-0.1, -0.05) is 54.1 Å². The van der Waals surface area contributed by atoms with E-state index in [-0.39, 0.29) is 0 Å². The molecule has 2 aliphatic rings. The summed E-state index contributed by atoms with van der Waals surface area (Å²) < 4.78 is 0. The summed E-state index contributed by atoms with van der Waals surface area (Å²) in [6.45, 7) is 2.12. The van der Waals surface area contributed by atoms with Crippen LogP contribution in [0.2, 0.25) is 0 Å². The minimum absolute atomic E-state index is 1.03. The Morgan fingerprint density at radius 3 is 1.48 bits per heavy atom. The first-order chi connectivity index (χ1) is 14.3. The van der Waals surface area contributed by atoms with Gasteiger partial charge in [0.2, 0.25) is 0 Å². The van der Waals surface area contributed by atoms with Crippen LogP contribution in [0.5, 0.6) is 0 Å². The number of hydrogen-bond donors (Lipinski definition) is 0. The molecule has 134 valence electrons. The van der Waals surface area contributed by atoms with Crippen molar-refractivity contribution in [3.8, 4) is 0 Å². The maximum absolute atomic E-state index is 5.16. The van der Waals surface area contributed by atoms with E-state index in [9.17, 15) is 0 Å². The molecule has 0 saturated heterocycles. The van der Waals surface area contributed by atoms with Crippen LogP contribution in [-0.2, 0) is 12.8 Å². The van der Waals surface area contributed by atoms with Crippen molar-refractivity contribution >= 4 is 48.8 Å². The molecular formula is C28H17N. The zero-order valence-electron chi connectivity index (χ0n) is 16.1. The molecule has 2 aliphatic carbocycles. The Hall–Kier alpha value is -3.45. The highest BCUT2D eigenvalue weighted by atomic mass is 14.7. The Bertz CT molecular complexity index is 1630. The highest BCUT2D eigenvalue weighted by Gasteiger charge is 2.29. The van der Waals surface area contributed by atoms with E-state index in [0.717, 1.165) is 23.9 Å². The molecule has 29 heavy (non-hydrogen) atoms. The molecule has 0 aliphatic heterocycles. The van der Waals surface area contributed by atoms with Crippen molar-refractivity contribution < 1.29 is 0 Å². The van der Waals surface area contributed by atoms with Gasteiger partial charge in [0.1, 0.15) is 0 Å². The van der Waals surface area contributed by atoms with Crippen molar-refractivity contribution in [2.45, 2.75) is 19.8 Å². The molecule has 0 spiro atoms. The van der Waals surface area contributed by atoms with Crippen LogP contribution >= 0.6 is 0 Å². The number of rotatable bonds is 1. The topological polar surface area (TPSA) is 12.4 Å². The molecule has 0 heterocycles. The van der Waals surface area contributed by atoms with E-state index in [1.807, 2.05) is 0 Å². The second-order valence-electron chi connectivity index (χ2n) is 8.83. The summed E-state index contributed by atoms with van der Waals surface area (Å²) in [5, 5.41) is 12.7. The molecule has 0 unspecified atom stereocenters. The molecule has 1 heteroatoms. The van der Waals surface area contributed by atoms with Gasteiger partial charge in [0.05, 0.1) is 11.0 Å². The second-order valence-corrected chi connectivity index (χ2v) is 8.83. The number of hydrogen-bond acceptors (Lipinski definition) is 1. The van der Waals surface area contributed by atoms with Crippen LogP contribution in [0.15, 0.2) is 65.7 Å². The standard InChI is InChI=1S/C28H17N/c1-14-2-8-19(9-3-14)29-28-20-10-6-17-12-15-4-5-16-13-18-7-11-21(28)27-25(18)23(16)22(15)24(17)26(20)27/h2-11H,12-13H2,1H3.